The van der Waals surface area contributed by atoms with Crippen LogP contribution in [0.25, 0.3) is 0 Å². The van der Waals surface area contributed by atoms with Gasteiger partial charge in [-0.05, 0) is 43.7 Å². The number of benzene rings is 1. The Balaban J connectivity index is 2.42. The fraction of sp³-hybridized carbons (Fsp3) is 0.143. The number of carboxylic acid groups (broad SMARTS) is 1. The molecule has 0 saturated carbocycles. The van der Waals surface area contributed by atoms with Crippen molar-refractivity contribution in [3.8, 4) is 11.5 Å². The highest BCUT2D eigenvalue weighted by atomic mass is 16.5. The molecule has 0 bridgehead atoms. The smallest absolute Gasteiger partial charge is 0.339 e. The lowest BCUT2D eigenvalue weighted by Crippen LogP contribution is -2.01. The zero-order valence-electron chi connectivity index (χ0n) is 10.2. The lowest BCUT2D eigenvalue weighted by Gasteiger charge is -2.10. The Morgan fingerprint density at radius 1 is 1.22 bits per heavy atom. The number of pyridine rings is 1. The van der Waals surface area contributed by atoms with E-state index in [1.165, 1.54) is 0 Å². The normalized spacial score (nSPS) is 10.1. The molecule has 2 aromatic rings. The van der Waals surface area contributed by atoms with Crippen molar-refractivity contribution in [2.75, 3.05) is 0 Å². The minimum absolute atomic E-state index is 0.142. The quantitative estimate of drug-likeness (QED) is 0.899. The number of rotatable bonds is 3. The Hall–Kier alpha value is -2.36. The molecule has 0 aliphatic carbocycles. The number of hydrogen-bond donors (Lipinski definition) is 1. The first-order valence-electron chi connectivity index (χ1n) is 5.51. The number of ether oxygens (including phenoxy) is 1. The molecule has 4 nitrogen and oxygen atoms in total. The van der Waals surface area contributed by atoms with Crippen molar-refractivity contribution in [2.45, 2.75) is 13.8 Å². The van der Waals surface area contributed by atoms with E-state index in [0.717, 1.165) is 11.3 Å². The Morgan fingerprint density at radius 2 is 2.00 bits per heavy atom. The summed E-state index contributed by atoms with van der Waals surface area (Å²) in [5.74, 6) is -0.115. The minimum atomic E-state index is -1.01. The first kappa shape index (κ1) is 12.1. The number of aromatic carboxylic acids is 1. The highest BCUT2D eigenvalue weighted by molar-refractivity contribution is 5.91. The van der Waals surface area contributed by atoms with Crippen molar-refractivity contribution < 1.29 is 14.6 Å². The van der Waals surface area contributed by atoms with E-state index >= 15 is 0 Å². The van der Waals surface area contributed by atoms with Crippen LogP contribution in [0.2, 0.25) is 0 Å². The SMILES string of the molecule is Cc1ccc(C(=O)O)c(Oc2cccnc2C)c1. The van der Waals surface area contributed by atoms with Crippen molar-refractivity contribution in [3.63, 3.8) is 0 Å². The van der Waals surface area contributed by atoms with Crippen LogP contribution in [0.15, 0.2) is 36.5 Å². The first-order chi connectivity index (χ1) is 8.58. The highest BCUT2D eigenvalue weighted by Gasteiger charge is 2.13. The summed E-state index contributed by atoms with van der Waals surface area (Å²) < 4.78 is 5.64. The van der Waals surface area contributed by atoms with Crippen molar-refractivity contribution in [1.29, 1.82) is 0 Å². The number of aromatic nitrogens is 1. The Morgan fingerprint density at radius 3 is 2.67 bits per heavy atom. The molecule has 0 spiro atoms. The van der Waals surface area contributed by atoms with Gasteiger partial charge in [0.15, 0.2) is 0 Å². The van der Waals surface area contributed by atoms with Crippen LogP contribution in [0, 0.1) is 13.8 Å². The van der Waals surface area contributed by atoms with Gasteiger partial charge in [0, 0.05) is 6.20 Å². The molecule has 0 amide bonds. The van der Waals surface area contributed by atoms with E-state index in [9.17, 15) is 4.79 Å². The van der Waals surface area contributed by atoms with Gasteiger partial charge in [0.05, 0.1) is 5.69 Å². The van der Waals surface area contributed by atoms with E-state index in [1.54, 1.807) is 36.5 Å². The van der Waals surface area contributed by atoms with Crippen LogP contribution in [0.1, 0.15) is 21.6 Å². The van der Waals surface area contributed by atoms with Gasteiger partial charge < -0.3 is 9.84 Å². The summed E-state index contributed by atoms with van der Waals surface area (Å²) in [6, 6.07) is 8.50. The molecule has 1 N–H and O–H groups in total. The third-order valence-electron chi connectivity index (χ3n) is 2.55. The van der Waals surface area contributed by atoms with Gasteiger partial charge in [-0.15, -0.1) is 0 Å². The predicted octanol–water partition coefficient (Wildman–Crippen LogP) is 3.19. The molecule has 0 aliphatic rings. The number of carbonyl (C=O) groups is 1. The summed E-state index contributed by atoms with van der Waals surface area (Å²) in [6.07, 6.45) is 1.66. The van der Waals surface area contributed by atoms with E-state index in [4.69, 9.17) is 9.84 Å². The maximum atomic E-state index is 11.1. The molecule has 1 aromatic heterocycles. The highest BCUT2D eigenvalue weighted by Crippen LogP contribution is 2.27. The third kappa shape index (κ3) is 2.48. The minimum Gasteiger partial charge on any atom is -0.478 e. The molecule has 2 rings (SSSR count). The Bertz CT molecular complexity index is 593. The van der Waals surface area contributed by atoms with E-state index in [1.807, 2.05) is 13.8 Å². The fourth-order valence-electron chi connectivity index (χ4n) is 1.59. The number of nitrogens with zero attached hydrogens (tertiary/aromatic N) is 1. The van der Waals surface area contributed by atoms with Crippen LogP contribution in [0.5, 0.6) is 11.5 Å². The summed E-state index contributed by atoms with van der Waals surface area (Å²) in [4.78, 5) is 15.2. The second-order valence-electron chi connectivity index (χ2n) is 3.99. The van der Waals surface area contributed by atoms with Crippen molar-refractivity contribution in [2.24, 2.45) is 0 Å². The topological polar surface area (TPSA) is 59.4 Å². The van der Waals surface area contributed by atoms with Gasteiger partial charge in [-0.25, -0.2) is 4.79 Å². The molecule has 0 atom stereocenters. The van der Waals surface area contributed by atoms with Gasteiger partial charge >= 0.3 is 5.97 Å². The molecule has 92 valence electrons. The fourth-order valence-corrected chi connectivity index (χ4v) is 1.59. The number of hydrogen-bond acceptors (Lipinski definition) is 3. The number of carboxylic acids is 1. The largest absolute Gasteiger partial charge is 0.478 e. The summed E-state index contributed by atoms with van der Waals surface area (Å²) in [6.45, 7) is 3.69. The van der Waals surface area contributed by atoms with Crippen LogP contribution in [-0.2, 0) is 0 Å². The van der Waals surface area contributed by atoms with Crippen LogP contribution in [-0.4, -0.2) is 16.1 Å². The maximum absolute atomic E-state index is 11.1. The molecule has 0 fully saturated rings. The van der Waals surface area contributed by atoms with Crippen LogP contribution >= 0.6 is 0 Å². The summed E-state index contributed by atoms with van der Waals surface area (Å²) in [5, 5.41) is 9.11. The summed E-state index contributed by atoms with van der Waals surface area (Å²) in [5.41, 5.74) is 1.80. The van der Waals surface area contributed by atoms with E-state index in [-0.39, 0.29) is 5.56 Å². The third-order valence-corrected chi connectivity index (χ3v) is 2.55. The number of aryl methyl sites for hydroxylation is 2. The summed E-state index contributed by atoms with van der Waals surface area (Å²) in [7, 11) is 0. The Kier molecular flexibility index (Phi) is 3.28. The molecule has 4 heteroatoms. The van der Waals surface area contributed by atoms with E-state index in [2.05, 4.69) is 4.98 Å². The van der Waals surface area contributed by atoms with Gasteiger partial charge in [-0.2, -0.15) is 0 Å². The van der Waals surface area contributed by atoms with Crippen molar-refractivity contribution in [1.82, 2.24) is 4.98 Å². The molecular weight excluding hydrogens is 230 g/mol. The zero-order chi connectivity index (χ0) is 13.1. The molecule has 0 aliphatic heterocycles. The van der Waals surface area contributed by atoms with Crippen LogP contribution < -0.4 is 4.74 Å². The lowest BCUT2D eigenvalue weighted by molar-refractivity contribution is 0.0694. The maximum Gasteiger partial charge on any atom is 0.339 e. The molecule has 0 saturated heterocycles. The Labute approximate surface area is 105 Å². The predicted molar refractivity (Wildman–Crippen MR) is 67.2 cm³/mol. The lowest BCUT2D eigenvalue weighted by atomic mass is 10.1. The zero-order valence-corrected chi connectivity index (χ0v) is 10.2. The van der Waals surface area contributed by atoms with Gasteiger partial charge in [0.1, 0.15) is 17.1 Å². The molecule has 1 heterocycles. The molecule has 1 aromatic carbocycles. The summed E-state index contributed by atoms with van der Waals surface area (Å²) >= 11 is 0. The average Bonchev–Trinajstić information content (AvgIpc) is 2.32. The standard InChI is InChI=1S/C14H13NO3/c1-9-5-6-11(14(16)17)13(8-9)18-12-4-3-7-15-10(12)2/h3-8H,1-2H3,(H,16,17). The monoisotopic (exact) mass is 243 g/mol. The van der Waals surface area contributed by atoms with Gasteiger partial charge in [0.2, 0.25) is 0 Å². The van der Waals surface area contributed by atoms with Gasteiger partial charge in [-0.3, -0.25) is 4.98 Å². The molecular formula is C14H13NO3. The van der Waals surface area contributed by atoms with Crippen molar-refractivity contribution >= 4 is 5.97 Å². The molecule has 0 radical (unpaired) electrons. The first-order valence-corrected chi connectivity index (χ1v) is 5.51. The van der Waals surface area contributed by atoms with Gasteiger partial charge in [-0.1, -0.05) is 6.07 Å². The molecule has 18 heavy (non-hydrogen) atoms. The van der Waals surface area contributed by atoms with Crippen molar-refractivity contribution in [3.05, 3.63) is 53.3 Å². The second-order valence-corrected chi connectivity index (χ2v) is 3.99. The molecule has 0 unspecified atom stereocenters. The average molecular weight is 243 g/mol. The van der Waals surface area contributed by atoms with Crippen LogP contribution in [0.4, 0.5) is 0 Å². The van der Waals surface area contributed by atoms with E-state index in [0.29, 0.717) is 11.5 Å². The van der Waals surface area contributed by atoms with Crippen LogP contribution in [0.3, 0.4) is 0 Å². The van der Waals surface area contributed by atoms with E-state index < -0.39 is 5.97 Å². The van der Waals surface area contributed by atoms with Gasteiger partial charge in [0.25, 0.3) is 0 Å². The second kappa shape index (κ2) is 4.87.